The van der Waals surface area contributed by atoms with Gasteiger partial charge in [-0.1, -0.05) is 26.0 Å². The maximum absolute atomic E-state index is 13.9. The van der Waals surface area contributed by atoms with Crippen LogP contribution in [0, 0.1) is 32.7 Å². The van der Waals surface area contributed by atoms with Gasteiger partial charge in [0, 0.05) is 31.5 Å². The zero-order valence-electron chi connectivity index (χ0n) is 23.2. The van der Waals surface area contributed by atoms with Crippen LogP contribution in [0.15, 0.2) is 35.9 Å². The Morgan fingerprint density at radius 2 is 1.77 bits per heavy atom. The minimum absolute atomic E-state index is 0.0508. The molecule has 5 aliphatic carbocycles. The van der Waals surface area contributed by atoms with E-state index in [9.17, 15) is 19.8 Å². The predicted octanol–water partition coefficient (Wildman–Crippen LogP) is 4.30. The van der Waals surface area contributed by atoms with E-state index < -0.39 is 18.2 Å². The average Bonchev–Trinajstić information content (AvgIpc) is 2.87. The second-order valence-corrected chi connectivity index (χ2v) is 14.1. The van der Waals surface area contributed by atoms with Gasteiger partial charge in [-0.2, -0.15) is 0 Å². The van der Waals surface area contributed by atoms with Gasteiger partial charge in [0.05, 0.1) is 16.2 Å². The second kappa shape index (κ2) is 12.1. The third kappa shape index (κ3) is 6.48. The first-order valence-corrected chi connectivity index (χ1v) is 15.7. The van der Waals surface area contributed by atoms with Crippen LogP contribution in [-0.4, -0.2) is 64.9 Å². The third-order valence-electron chi connectivity index (χ3n) is 9.29. The van der Waals surface area contributed by atoms with Crippen LogP contribution < -0.4 is 10.1 Å². The largest absolute Gasteiger partial charge is 0.482 e. The molecule has 214 valence electrons. The van der Waals surface area contributed by atoms with Gasteiger partial charge in [0.25, 0.3) is 0 Å². The van der Waals surface area contributed by atoms with Gasteiger partial charge in [0.1, 0.15) is 18.0 Å². The van der Waals surface area contributed by atoms with Crippen LogP contribution in [0.2, 0.25) is 0 Å². The predicted molar refractivity (Wildman–Crippen MR) is 158 cm³/mol. The molecule has 4 fully saturated rings. The fourth-order valence-corrected chi connectivity index (χ4v) is 8.68. The Hall–Kier alpha value is -1.65. The molecule has 5 aliphatic rings. The molecule has 1 aromatic rings. The van der Waals surface area contributed by atoms with Crippen molar-refractivity contribution < 1.29 is 24.5 Å². The number of aliphatic hydroxyl groups is 2. The summed E-state index contributed by atoms with van der Waals surface area (Å²) in [6.45, 7) is 4.74. The van der Waals surface area contributed by atoms with E-state index in [1.165, 1.54) is 19.3 Å². The first kappa shape index (κ1) is 28.9. The number of nitrogens with zero attached hydrogens (tertiary/aromatic N) is 1. The highest BCUT2D eigenvalue weighted by Crippen LogP contribution is 2.60. The molecule has 4 bridgehead atoms. The smallest absolute Gasteiger partial charge is 0.247 e. The number of amides is 2. The van der Waals surface area contributed by atoms with Crippen LogP contribution in [0.3, 0.4) is 0 Å². The van der Waals surface area contributed by atoms with E-state index in [4.69, 9.17) is 4.74 Å². The van der Waals surface area contributed by atoms with Crippen molar-refractivity contribution in [3.8, 4) is 5.75 Å². The van der Waals surface area contributed by atoms with Crippen LogP contribution in [0.1, 0.15) is 65.2 Å². The number of hydrogen-bond acceptors (Lipinski definition) is 5. The van der Waals surface area contributed by atoms with E-state index in [1.54, 1.807) is 6.08 Å². The Balaban J connectivity index is 1.46. The third-order valence-corrected chi connectivity index (χ3v) is 10.2. The molecule has 0 saturated heterocycles. The van der Waals surface area contributed by atoms with Crippen LogP contribution in [-0.2, 0) is 9.59 Å². The highest BCUT2D eigenvalue weighted by Gasteiger charge is 2.53. The van der Waals surface area contributed by atoms with Gasteiger partial charge in [0.15, 0.2) is 0 Å². The molecular weight excluding hydrogens is 607 g/mol. The van der Waals surface area contributed by atoms with Gasteiger partial charge in [-0.05, 0) is 108 Å². The lowest BCUT2D eigenvalue weighted by Gasteiger charge is -2.58. The number of halogens is 1. The molecule has 0 aromatic heterocycles. The lowest BCUT2D eigenvalue weighted by molar-refractivity contribution is -0.147. The Morgan fingerprint density at radius 3 is 2.36 bits per heavy atom. The molecule has 3 N–H and O–H groups in total. The van der Waals surface area contributed by atoms with E-state index in [0.717, 1.165) is 40.6 Å². The van der Waals surface area contributed by atoms with Gasteiger partial charge in [-0.25, -0.2) is 0 Å². The maximum Gasteiger partial charge on any atom is 0.247 e. The number of nitrogens with one attached hydrogen (secondary N) is 1. The van der Waals surface area contributed by atoms with Gasteiger partial charge in [0.2, 0.25) is 11.8 Å². The Morgan fingerprint density at radius 1 is 1.13 bits per heavy atom. The number of carbonyl (C=O) groups excluding carboxylic acids is 2. The molecule has 8 heteroatoms. The topological polar surface area (TPSA) is 99.1 Å². The lowest BCUT2D eigenvalue weighted by Crippen LogP contribution is -2.59. The van der Waals surface area contributed by atoms with Gasteiger partial charge >= 0.3 is 0 Å². The first-order chi connectivity index (χ1) is 18.7. The molecular formula is C31H43IN2O5. The number of aliphatic hydroxyl groups excluding tert-OH is 2. The quantitative estimate of drug-likeness (QED) is 0.329. The maximum atomic E-state index is 13.9. The molecule has 39 heavy (non-hydrogen) atoms. The summed E-state index contributed by atoms with van der Waals surface area (Å²) in [5.41, 5.74) is 0.592. The summed E-state index contributed by atoms with van der Waals surface area (Å²) in [5.74, 6) is 2.85. The Labute approximate surface area is 245 Å². The molecule has 2 amide bonds. The van der Waals surface area contributed by atoms with E-state index in [2.05, 4.69) is 41.8 Å². The van der Waals surface area contributed by atoms with Gasteiger partial charge in [-0.3, -0.25) is 9.59 Å². The van der Waals surface area contributed by atoms with Crippen molar-refractivity contribution in [3.05, 3.63) is 39.5 Å². The van der Waals surface area contributed by atoms with Crippen molar-refractivity contribution in [2.24, 2.45) is 29.1 Å². The number of hydrogen-bond donors (Lipinski definition) is 3. The second-order valence-electron chi connectivity index (χ2n) is 13.0. The molecule has 0 unspecified atom stereocenters. The van der Waals surface area contributed by atoms with Crippen molar-refractivity contribution in [2.75, 3.05) is 19.7 Å². The van der Waals surface area contributed by atoms with Crippen molar-refractivity contribution in [3.63, 3.8) is 0 Å². The van der Waals surface area contributed by atoms with E-state index in [-0.39, 0.29) is 42.7 Å². The van der Waals surface area contributed by atoms with Crippen LogP contribution >= 0.6 is 22.6 Å². The Kier molecular flexibility index (Phi) is 8.93. The normalized spacial score (nSPS) is 33.1. The minimum Gasteiger partial charge on any atom is -0.482 e. The molecule has 1 aromatic carbocycles. The average molecular weight is 651 g/mol. The van der Waals surface area contributed by atoms with Crippen LogP contribution in [0.5, 0.6) is 5.75 Å². The lowest BCUT2D eigenvalue weighted by atomic mass is 9.49. The molecule has 0 radical (unpaired) electrons. The monoisotopic (exact) mass is 650 g/mol. The summed E-state index contributed by atoms with van der Waals surface area (Å²) in [6.07, 6.45) is 8.10. The van der Waals surface area contributed by atoms with Gasteiger partial charge in [-0.15, -0.1) is 0 Å². The number of benzene rings is 1. The molecule has 0 aliphatic heterocycles. The molecule has 4 saturated carbocycles. The highest BCUT2D eigenvalue weighted by molar-refractivity contribution is 14.1. The highest BCUT2D eigenvalue weighted by atomic mass is 127. The SMILES string of the molecule is CC(C)CC(=O)N(CC12CC3CC(CC(C3)C1)C2)[C@@H]1CC(C(=O)NCCO)=C[C@H](Oc2ccccc2I)[C@H]1O. The van der Waals surface area contributed by atoms with Crippen molar-refractivity contribution in [1.29, 1.82) is 0 Å². The summed E-state index contributed by atoms with van der Waals surface area (Å²) in [4.78, 5) is 29.0. The van der Waals surface area contributed by atoms with Crippen LogP contribution in [0.25, 0.3) is 0 Å². The standard InChI is InChI=1S/C31H43IN2O5/c1-19(2)9-28(36)34(18-31-15-20-10-21(16-31)12-22(11-20)17-31)25-13-23(30(38)33-7-8-35)14-27(29(25)37)39-26-6-4-3-5-24(26)32/h3-6,14,19-22,25,27,29,35,37H,7-13,15-18H2,1-2H3,(H,33,38)/t20?,21?,22?,25-,27+,29+,31?/m1/s1. The number of carbonyl (C=O) groups is 2. The summed E-state index contributed by atoms with van der Waals surface area (Å²) in [7, 11) is 0. The van der Waals surface area contributed by atoms with E-state index in [0.29, 0.717) is 24.3 Å². The van der Waals surface area contributed by atoms with Crippen LogP contribution in [0.4, 0.5) is 0 Å². The van der Waals surface area contributed by atoms with Crippen molar-refractivity contribution >= 4 is 34.4 Å². The zero-order chi connectivity index (χ0) is 27.7. The summed E-state index contributed by atoms with van der Waals surface area (Å²) < 4.78 is 7.22. The fourth-order valence-electron chi connectivity index (χ4n) is 8.17. The van der Waals surface area contributed by atoms with Crippen molar-refractivity contribution in [1.82, 2.24) is 10.2 Å². The van der Waals surface area contributed by atoms with E-state index in [1.807, 2.05) is 29.2 Å². The molecule has 3 atom stereocenters. The number of rotatable bonds is 10. The fraction of sp³-hybridized carbons (Fsp3) is 0.677. The van der Waals surface area contributed by atoms with Crippen molar-refractivity contribution in [2.45, 2.75) is 83.5 Å². The number of para-hydroxylation sites is 1. The zero-order valence-corrected chi connectivity index (χ0v) is 25.3. The molecule has 6 rings (SSSR count). The summed E-state index contributed by atoms with van der Waals surface area (Å²) in [6, 6.07) is 7.04. The first-order valence-electron chi connectivity index (χ1n) is 14.6. The summed E-state index contributed by atoms with van der Waals surface area (Å²) >= 11 is 2.20. The molecule has 0 heterocycles. The number of ether oxygens (including phenoxy) is 1. The summed E-state index contributed by atoms with van der Waals surface area (Å²) in [5, 5.41) is 23.8. The Bertz CT molecular complexity index is 1050. The van der Waals surface area contributed by atoms with Gasteiger partial charge < -0.3 is 25.2 Å². The van der Waals surface area contributed by atoms with E-state index >= 15 is 0 Å². The minimum atomic E-state index is -0.972. The molecule has 0 spiro atoms. The molecule has 7 nitrogen and oxygen atoms in total.